The number of benzene rings is 1. The minimum Gasteiger partial charge on any atom is -0.350 e. The monoisotopic (exact) mass is 397 g/mol. The lowest BCUT2D eigenvalue weighted by atomic mass is 9.53. The van der Waals surface area contributed by atoms with Gasteiger partial charge in [-0.3, -0.25) is 4.79 Å². The van der Waals surface area contributed by atoms with E-state index in [1.54, 1.807) is 4.68 Å². The van der Waals surface area contributed by atoms with Gasteiger partial charge in [0.15, 0.2) is 0 Å². The molecule has 1 amide bonds. The molecule has 0 unspecified atom stereocenters. The number of aromatic nitrogens is 4. The molecule has 0 aliphatic heterocycles. The molecule has 28 heavy (non-hydrogen) atoms. The van der Waals surface area contributed by atoms with Crippen molar-refractivity contribution in [3.05, 3.63) is 35.9 Å². The number of hydrogen-bond acceptors (Lipinski definition) is 5. The molecule has 2 aromatic rings. The number of nitrogens with one attached hydrogen (secondary N) is 1. The summed E-state index contributed by atoms with van der Waals surface area (Å²) in [5, 5.41) is 16.0. The molecule has 6 rings (SSSR count). The van der Waals surface area contributed by atoms with Crippen molar-refractivity contribution < 1.29 is 4.79 Å². The minimum atomic E-state index is -0.214. The van der Waals surface area contributed by atoms with E-state index in [4.69, 9.17) is 0 Å². The summed E-state index contributed by atoms with van der Waals surface area (Å²) in [4.78, 5) is 13.0. The van der Waals surface area contributed by atoms with Crippen molar-refractivity contribution in [2.24, 2.45) is 17.8 Å². The first-order chi connectivity index (χ1) is 13.6. The van der Waals surface area contributed by atoms with Gasteiger partial charge in [-0.1, -0.05) is 42.1 Å². The Labute approximate surface area is 169 Å². The summed E-state index contributed by atoms with van der Waals surface area (Å²) < 4.78 is 1.77. The van der Waals surface area contributed by atoms with Gasteiger partial charge in [-0.05, 0) is 79.2 Å². The lowest BCUT2D eigenvalue weighted by Gasteiger charge is -2.57. The van der Waals surface area contributed by atoms with Crippen LogP contribution in [-0.4, -0.2) is 36.9 Å². The summed E-state index contributed by atoms with van der Waals surface area (Å²) in [5.74, 6) is 2.61. The fraction of sp³-hybridized carbons (Fsp3) is 0.619. The standard InChI is InChI=1S/C21H27N5OS/c1-14(28-20-23-24-25-26(20)13-15-5-3-2-4-6-15)19(27)22-21-10-16-7-17(11-21)9-18(8-16)12-21/h2-6,14,16-18H,7-13H2,1H3,(H,22,27)/t14-,16?,17?,18?,21?/m1/s1. The lowest BCUT2D eigenvalue weighted by molar-refractivity contribution is -0.126. The molecule has 4 aliphatic rings. The highest BCUT2D eigenvalue weighted by Gasteiger charge is 2.51. The Bertz CT molecular complexity index is 816. The van der Waals surface area contributed by atoms with Crippen LogP contribution < -0.4 is 5.32 Å². The second-order valence-corrected chi connectivity index (χ2v) is 10.4. The third-order valence-electron chi connectivity index (χ3n) is 6.75. The number of carbonyl (C=O) groups is 1. The van der Waals surface area contributed by atoms with E-state index < -0.39 is 0 Å². The van der Waals surface area contributed by atoms with E-state index in [-0.39, 0.29) is 16.7 Å². The van der Waals surface area contributed by atoms with Crippen molar-refractivity contribution in [3.8, 4) is 0 Å². The van der Waals surface area contributed by atoms with Crippen LogP contribution in [0.3, 0.4) is 0 Å². The van der Waals surface area contributed by atoms with Gasteiger partial charge in [0.1, 0.15) is 0 Å². The van der Waals surface area contributed by atoms with Crippen molar-refractivity contribution in [1.29, 1.82) is 0 Å². The van der Waals surface area contributed by atoms with E-state index in [2.05, 4.69) is 33.0 Å². The molecular formula is C21H27N5OS. The Balaban J connectivity index is 1.23. The van der Waals surface area contributed by atoms with Gasteiger partial charge in [0.05, 0.1) is 11.8 Å². The first-order valence-corrected chi connectivity index (χ1v) is 11.3. The largest absolute Gasteiger partial charge is 0.350 e. The highest BCUT2D eigenvalue weighted by molar-refractivity contribution is 8.00. The minimum absolute atomic E-state index is 0.0522. The first-order valence-electron chi connectivity index (χ1n) is 10.4. The highest BCUT2D eigenvalue weighted by Crippen LogP contribution is 2.55. The Morgan fingerprint density at radius 1 is 1.18 bits per heavy atom. The van der Waals surface area contributed by atoms with Gasteiger partial charge >= 0.3 is 0 Å². The molecule has 1 heterocycles. The summed E-state index contributed by atoms with van der Waals surface area (Å²) in [6, 6.07) is 10.1. The van der Waals surface area contributed by atoms with Crippen LogP contribution in [0.5, 0.6) is 0 Å². The Morgan fingerprint density at radius 2 is 1.82 bits per heavy atom. The number of tetrazole rings is 1. The van der Waals surface area contributed by atoms with Crippen molar-refractivity contribution in [1.82, 2.24) is 25.5 Å². The van der Waals surface area contributed by atoms with Gasteiger partial charge < -0.3 is 5.32 Å². The smallest absolute Gasteiger partial charge is 0.233 e. The van der Waals surface area contributed by atoms with E-state index in [9.17, 15) is 4.79 Å². The van der Waals surface area contributed by atoms with Gasteiger partial charge in [0, 0.05) is 5.54 Å². The molecule has 1 aromatic heterocycles. The summed E-state index contributed by atoms with van der Waals surface area (Å²) >= 11 is 1.45. The van der Waals surface area contributed by atoms with Gasteiger partial charge in [-0.25, -0.2) is 4.68 Å². The number of amides is 1. The fourth-order valence-electron chi connectivity index (χ4n) is 5.97. The van der Waals surface area contributed by atoms with Gasteiger partial charge in [-0.15, -0.1) is 5.10 Å². The van der Waals surface area contributed by atoms with Crippen molar-refractivity contribution >= 4 is 17.7 Å². The number of nitrogens with zero attached hydrogens (tertiary/aromatic N) is 4. The Hall–Kier alpha value is -1.89. The lowest BCUT2D eigenvalue weighted by Crippen LogP contribution is -2.60. The fourth-order valence-corrected chi connectivity index (χ4v) is 6.76. The van der Waals surface area contributed by atoms with Crippen LogP contribution in [0.2, 0.25) is 0 Å². The molecule has 1 aromatic carbocycles. The van der Waals surface area contributed by atoms with Crippen molar-refractivity contribution in [2.75, 3.05) is 0 Å². The first kappa shape index (κ1) is 18.2. The number of rotatable bonds is 6. The molecular weight excluding hydrogens is 370 g/mol. The molecule has 0 saturated heterocycles. The molecule has 6 nitrogen and oxygen atoms in total. The van der Waals surface area contributed by atoms with Crippen LogP contribution in [0.4, 0.5) is 0 Å². The van der Waals surface area contributed by atoms with Gasteiger partial charge in [-0.2, -0.15) is 0 Å². The molecule has 148 valence electrons. The second kappa shape index (κ2) is 7.17. The maximum absolute atomic E-state index is 13.0. The molecule has 0 spiro atoms. The third-order valence-corrected chi connectivity index (χ3v) is 7.82. The SMILES string of the molecule is C[C@@H](Sc1nnnn1Cc1ccccc1)C(=O)NC12CC3CC(CC(C3)C1)C2. The highest BCUT2D eigenvalue weighted by atomic mass is 32.2. The molecule has 4 bridgehead atoms. The van der Waals surface area contributed by atoms with E-state index in [1.165, 1.54) is 50.3 Å². The number of hydrogen-bond donors (Lipinski definition) is 1. The molecule has 1 N–H and O–H groups in total. The second-order valence-electron chi connectivity index (χ2n) is 9.05. The molecule has 7 heteroatoms. The number of thioether (sulfide) groups is 1. The van der Waals surface area contributed by atoms with Gasteiger partial charge in [0.25, 0.3) is 0 Å². The molecule has 4 aliphatic carbocycles. The summed E-state index contributed by atoms with van der Waals surface area (Å²) in [5.41, 5.74) is 1.19. The van der Waals surface area contributed by atoms with E-state index in [0.29, 0.717) is 11.7 Å². The predicted molar refractivity (Wildman–Crippen MR) is 108 cm³/mol. The van der Waals surface area contributed by atoms with Gasteiger partial charge in [0.2, 0.25) is 11.1 Å². The van der Waals surface area contributed by atoms with Crippen molar-refractivity contribution in [3.63, 3.8) is 0 Å². The molecule has 0 radical (unpaired) electrons. The van der Waals surface area contributed by atoms with E-state index >= 15 is 0 Å². The molecule has 4 fully saturated rings. The van der Waals surface area contributed by atoms with Crippen LogP contribution >= 0.6 is 11.8 Å². The molecule has 1 atom stereocenters. The van der Waals surface area contributed by atoms with Crippen molar-refractivity contribution in [2.45, 2.75) is 67.9 Å². The van der Waals surface area contributed by atoms with Crippen LogP contribution in [0.1, 0.15) is 51.0 Å². The van der Waals surface area contributed by atoms with Crippen LogP contribution in [0.15, 0.2) is 35.5 Å². The average molecular weight is 398 g/mol. The van der Waals surface area contributed by atoms with Crippen LogP contribution in [-0.2, 0) is 11.3 Å². The maximum atomic E-state index is 13.0. The Morgan fingerprint density at radius 3 is 2.46 bits per heavy atom. The average Bonchev–Trinajstić information content (AvgIpc) is 3.07. The third kappa shape index (κ3) is 3.56. The summed E-state index contributed by atoms with van der Waals surface area (Å²) in [6.45, 7) is 2.57. The quantitative estimate of drug-likeness (QED) is 0.757. The normalized spacial score (nSPS) is 31.7. The topological polar surface area (TPSA) is 72.7 Å². The Kier molecular flexibility index (Phi) is 4.65. The van der Waals surface area contributed by atoms with E-state index in [0.717, 1.165) is 23.3 Å². The zero-order chi connectivity index (χ0) is 19.1. The number of carbonyl (C=O) groups excluding carboxylic acids is 1. The van der Waals surface area contributed by atoms with Crippen LogP contribution in [0, 0.1) is 17.8 Å². The van der Waals surface area contributed by atoms with Crippen LogP contribution in [0.25, 0.3) is 0 Å². The predicted octanol–water partition coefficient (Wildman–Crippen LogP) is 3.29. The summed E-state index contributed by atoms with van der Waals surface area (Å²) in [7, 11) is 0. The van der Waals surface area contributed by atoms with E-state index in [1.807, 2.05) is 25.1 Å². The molecule has 4 saturated carbocycles. The maximum Gasteiger partial charge on any atom is 0.233 e. The zero-order valence-electron chi connectivity index (χ0n) is 16.3. The zero-order valence-corrected chi connectivity index (χ0v) is 17.1. The summed E-state index contributed by atoms with van der Waals surface area (Å²) in [6.07, 6.45) is 7.67.